The second-order valence-electron chi connectivity index (χ2n) is 2.98. The molecular weight excluding hydrogens is 249 g/mol. The molecule has 92 valence electrons. The van der Waals surface area contributed by atoms with Crippen LogP contribution in [0.15, 0.2) is 6.07 Å². The molecule has 1 aromatic heterocycles. The smallest absolute Gasteiger partial charge is 0.281 e. The van der Waals surface area contributed by atoms with E-state index in [1.165, 1.54) is 10.8 Å². The predicted molar refractivity (Wildman–Crippen MR) is 49.9 cm³/mol. The van der Waals surface area contributed by atoms with Gasteiger partial charge >= 0.3 is 16.4 Å². The van der Waals surface area contributed by atoms with E-state index in [9.17, 15) is 21.6 Å². The normalized spacial score (nSPS) is 12.8. The van der Waals surface area contributed by atoms with Gasteiger partial charge in [-0.3, -0.25) is 9.82 Å². The van der Waals surface area contributed by atoms with Crippen molar-refractivity contribution in [2.75, 3.05) is 11.3 Å². The van der Waals surface area contributed by atoms with Crippen molar-refractivity contribution in [1.29, 1.82) is 0 Å². The molecule has 0 aliphatic heterocycles. The fourth-order valence-electron chi connectivity index (χ4n) is 0.821. The number of halogens is 3. The zero-order chi connectivity index (χ0) is 12.4. The molecule has 0 bridgehead atoms. The molecule has 0 aliphatic rings. The SMILES string of the molecule is Cc1cc(NS(=O)(=O)NCC(F)(F)F)n[nH]1. The van der Waals surface area contributed by atoms with Gasteiger partial charge in [0.05, 0.1) is 0 Å². The average Bonchev–Trinajstić information content (AvgIpc) is 2.46. The van der Waals surface area contributed by atoms with Crippen molar-refractivity contribution in [3.05, 3.63) is 11.8 Å². The van der Waals surface area contributed by atoms with Crippen LogP contribution in [0.4, 0.5) is 19.0 Å². The van der Waals surface area contributed by atoms with Gasteiger partial charge in [0.15, 0.2) is 5.82 Å². The Morgan fingerprint density at radius 1 is 1.50 bits per heavy atom. The van der Waals surface area contributed by atoms with Crippen molar-refractivity contribution in [3.63, 3.8) is 0 Å². The molecule has 0 saturated heterocycles. The second-order valence-corrected chi connectivity index (χ2v) is 4.48. The monoisotopic (exact) mass is 258 g/mol. The number of hydrogen-bond acceptors (Lipinski definition) is 3. The molecule has 0 fully saturated rings. The molecule has 6 nitrogen and oxygen atoms in total. The van der Waals surface area contributed by atoms with E-state index in [4.69, 9.17) is 0 Å². The molecule has 0 atom stereocenters. The molecule has 1 aromatic rings. The Bertz CT molecular complexity index is 453. The lowest BCUT2D eigenvalue weighted by atomic mass is 10.5. The third kappa shape index (κ3) is 4.49. The summed E-state index contributed by atoms with van der Waals surface area (Å²) in [5, 5.41) is 5.95. The number of aromatic nitrogens is 2. The first-order valence-corrected chi connectivity index (χ1v) is 5.52. The first-order valence-electron chi connectivity index (χ1n) is 4.04. The van der Waals surface area contributed by atoms with Gasteiger partial charge in [-0.05, 0) is 6.92 Å². The fraction of sp³-hybridized carbons (Fsp3) is 0.500. The van der Waals surface area contributed by atoms with Crippen molar-refractivity contribution in [2.24, 2.45) is 0 Å². The third-order valence-corrected chi connectivity index (χ3v) is 2.41. The maximum Gasteiger partial charge on any atom is 0.402 e. The van der Waals surface area contributed by atoms with Crippen LogP contribution in [0.3, 0.4) is 0 Å². The molecule has 1 rings (SSSR count). The molecule has 1 heterocycles. The molecule has 0 aliphatic carbocycles. The number of hydrogen-bond donors (Lipinski definition) is 3. The topological polar surface area (TPSA) is 86.9 Å². The lowest BCUT2D eigenvalue weighted by Crippen LogP contribution is -2.37. The minimum absolute atomic E-state index is 0.0767. The van der Waals surface area contributed by atoms with Gasteiger partial charge in [-0.1, -0.05) is 0 Å². The molecule has 0 spiro atoms. The number of nitrogens with zero attached hydrogens (tertiary/aromatic N) is 1. The summed E-state index contributed by atoms with van der Waals surface area (Å²) < 4.78 is 60.6. The highest BCUT2D eigenvalue weighted by Gasteiger charge is 2.29. The Labute approximate surface area is 89.4 Å². The van der Waals surface area contributed by atoms with Gasteiger partial charge in [-0.25, -0.2) is 0 Å². The predicted octanol–water partition coefficient (Wildman–Crippen LogP) is 0.527. The molecular formula is C6H9F3N4O2S. The van der Waals surface area contributed by atoms with Crippen LogP contribution >= 0.6 is 0 Å². The molecule has 0 amide bonds. The van der Waals surface area contributed by atoms with Crippen LogP contribution in [-0.2, 0) is 10.2 Å². The van der Waals surface area contributed by atoms with E-state index in [1.54, 1.807) is 6.92 Å². The Balaban J connectivity index is 2.59. The van der Waals surface area contributed by atoms with Crippen molar-refractivity contribution in [3.8, 4) is 0 Å². The number of alkyl halides is 3. The maximum absolute atomic E-state index is 11.8. The molecule has 0 unspecified atom stereocenters. The summed E-state index contributed by atoms with van der Waals surface area (Å²) in [4.78, 5) is 0. The van der Waals surface area contributed by atoms with Gasteiger partial charge < -0.3 is 0 Å². The minimum atomic E-state index is -4.60. The van der Waals surface area contributed by atoms with Crippen LogP contribution in [-0.4, -0.2) is 31.3 Å². The highest BCUT2D eigenvalue weighted by atomic mass is 32.2. The molecule has 10 heteroatoms. The number of aryl methyl sites for hydroxylation is 1. The van der Waals surface area contributed by atoms with Crippen LogP contribution in [0.25, 0.3) is 0 Å². The first kappa shape index (κ1) is 12.8. The lowest BCUT2D eigenvalue weighted by Gasteiger charge is -2.09. The molecule has 0 radical (unpaired) electrons. The zero-order valence-corrected chi connectivity index (χ0v) is 8.91. The van der Waals surface area contributed by atoms with Crippen molar-refractivity contribution in [2.45, 2.75) is 13.1 Å². The van der Waals surface area contributed by atoms with Crippen LogP contribution in [0, 0.1) is 6.92 Å². The highest BCUT2D eigenvalue weighted by molar-refractivity contribution is 7.90. The summed E-state index contributed by atoms with van der Waals surface area (Å²) in [6.07, 6.45) is -4.60. The van der Waals surface area contributed by atoms with Crippen LogP contribution in [0.5, 0.6) is 0 Å². The Hall–Kier alpha value is -1.29. The minimum Gasteiger partial charge on any atom is -0.281 e. The van der Waals surface area contributed by atoms with Gasteiger partial charge in [0.25, 0.3) is 0 Å². The largest absolute Gasteiger partial charge is 0.402 e. The van der Waals surface area contributed by atoms with E-state index in [1.807, 2.05) is 4.72 Å². The number of nitrogens with one attached hydrogen (secondary N) is 3. The quantitative estimate of drug-likeness (QED) is 0.736. The van der Waals surface area contributed by atoms with Crippen LogP contribution in [0.2, 0.25) is 0 Å². The highest BCUT2D eigenvalue weighted by Crippen LogP contribution is 2.13. The van der Waals surface area contributed by atoms with Crippen molar-refractivity contribution >= 4 is 16.0 Å². The summed E-state index contributed by atoms with van der Waals surface area (Å²) in [7, 11) is -4.26. The van der Waals surface area contributed by atoms with Gasteiger partial charge in [0.1, 0.15) is 6.54 Å². The third-order valence-electron chi connectivity index (χ3n) is 1.41. The van der Waals surface area contributed by atoms with E-state index in [0.717, 1.165) is 0 Å². The number of rotatable bonds is 4. The molecule has 0 aromatic carbocycles. The maximum atomic E-state index is 11.8. The summed E-state index contributed by atoms with van der Waals surface area (Å²) in [6, 6.07) is 1.34. The van der Waals surface area contributed by atoms with Crippen LogP contribution in [0.1, 0.15) is 5.69 Å². The molecule has 0 saturated carbocycles. The van der Waals surface area contributed by atoms with Crippen molar-refractivity contribution in [1.82, 2.24) is 14.9 Å². The standard InChI is InChI=1S/C6H9F3N4O2S/c1-4-2-5(12-11-4)13-16(14,15)10-3-6(7,8)9/h2,10H,3H2,1H3,(H2,11,12,13). The summed E-state index contributed by atoms with van der Waals surface area (Å²) in [6.45, 7) is -0.0142. The summed E-state index contributed by atoms with van der Waals surface area (Å²) in [5.41, 5.74) is 0.577. The lowest BCUT2D eigenvalue weighted by molar-refractivity contribution is -0.121. The van der Waals surface area contributed by atoms with Gasteiger partial charge in [0, 0.05) is 11.8 Å². The molecule has 16 heavy (non-hydrogen) atoms. The average molecular weight is 258 g/mol. The number of H-pyrrole nitrogens is 1. The van der Waals surface area contributed by atoms with E-state index < -0.39 is 22.9 Å². The van der Waals surface area contributed by atoms with Gasteiger partial charge in [-0.2, -0.15) is 31.4 Å². The van der Waals surface area contributed by atoms with Gasteiger partial charge in [0.2, 0.25) is 0 Å². The first-order chi connectivity index (χ1) is 7.18. The van der Waals surface area contributed by atoms with E-state index in [0.29, 0.717) is 5.69 Å². The van der Waals surface area contributed by atoms with Crippen molar-refractivity contribution < 1.29 is 21.6 Å². The van der Waals surface area contributed by atoms with E-state index >= 15 is 0 Å². The van der Waals surface area contributed by atoms with E-state index in [-0.39, 0.29) is 5.82 Å². The Kier molecular flexibility index (Phi) is 3.43. The summed E-state index contributed by atoms with van der Waals surface area (Å²) in [5.74, 6) is -0.0767. The molecule has 3 N–H and O–H groups in total. The summed E-state index contributed by atoms with van der Waals surface area (Å²) >= 11 is 0. The number of anilines is 1. The zero-order valence-electron chi connectivity index (χ0n) is 8.09. The Morgan fingerprint density at radius 2 is 2.12 bits per heavy atom. The Morgan fingerprint density at radius 3 is 2.56 bits per heavy atom. The van der Waals surface area contributed by atoms with Gasteiger partial charge in [-0.15, -0.1) is 0 Å². The second kappa shape index (κ2) is 4.29. The number of aromatic amines is 1. The fourth-order valence-corrected chi connectivity index (χ4v) is 1.63. The van der Waals surface area contributed by atoms with E-state index in [2.05, 4.69) is 10.2 Å². The van der Waals surface area contributed by atoms with Crippen LogP contribution < -0.4 is 9.44 Å².